The average molecular weight is 512 g/mol. The van der Waals surface area contributed by atoms with Gasteiger partial charge in [-0.2, -0.15) is 0 Å². The van der Waals surface area contributed by atoms with Crippen LogP contribution in [0.3, 0.4) is 0 Å². The van der Waals surface area contributed by atoms with Crippen LogP contribution in [-0.2, 0) is 9.53 Å². The number of methoxy groups -OCH3 is 1. The van der Waals surface area contributed by atoms with Crippen molar-refractivity contribution in [1.82, 2.24) is 4.98 Å². The first-order valence-corrected chi connectivity index (χ1v) is 13.5. The van der Waals surface area contributed by atoms with Crippen LogP contribution < -0.4 is 10.2 Å². The molecule has 2 amide bonds. The summed E-state index contributed by atoms with van der Waals surface area (Å²) >= 11 is 2.67. The molecule has 1 aliphatic rings. The van der Waals surface area contributed by atoms with Gasteiger partial charge in [0, 0.05) is 28.4 Å². The minimum absolute atomic E-state index is 0.0133. The van der Waals surface area contributed by atoms with Crippen LogP contribution in [0.15, 0.2) is 41.2 Å². The molecule has 184 valence electrons. The second-order valence-corrected chi connectivity index (χ2v) is 10.5. The van der Waals surface area contributed by atoms with Gasteiger partial charge < -0.3 is 15.0 Å². The molecule has 3 aromatic rings. The molecule has 2 aromatic heterocycles. The van der Waals surface area contributed by atoms with Crippen molar-refractivity contribution < 1.29 is 19.1 Å². The molecule has 1 aliphatic carbocycles. The van der Waals surface area contributed by atoms with Gasteiger partial charge in [-0.15, -0.1) is 22.7 Å². The van der Waals surface area contributed by atoms with Crippen molar-refractivity contribution in [2.24, 2.45) is 11.8 Å². The van der Waals surface area contributed by atoms with E-state index < -0.39 is 5.97 Å². The van der Waals surface area contributed by atoms with Crippen molar-refractivity contribution >= 4 is 51.8 Å². The van der Waals surface area contributed by atoms with Crippen LogP contribution in [0.25, 0.3) is 10.4 Å². The normalized spacial score (nSPS) is 17.6. The highest BCUT2D eigenvalue weighted by atomic mass is 32.1. The summed E-state index contributed by atoms with van der Waals surface area (Å²) in [7, 11) is 1.35. The van der Waals surface area contributed by atoms with Gasteiger partial charge in [0.05, 0.1) is 18.3 Å². The fourth-order valence-electron chi connectivity index (χ4n) is 4.37. The van der Waals surface area contributed by atoms with Gasteiger partial charge in [-0.3, -0.25) is 9.59 Å². The lowest BCUT2D eigenvalue weighted by molar-refractivity contribution is -0.123. The predicted molar refractivity (Wildman–Crippen MR) is 140 cm³/mol. The molecule has 35 heavy (non-hydrogen) atoms. The van der Waals surface area contributed by atoms with Gasteiger partial charge in [0.2, 0.25) is 5.91 Å². The minimum Gasteiger partial charge on any atom is -0.465 e. The second-order valence-electron chi connectivity index (χ2n) is 8.76. The number of benzene rings is 1. The van der Waals surface area contributed by atoms with Gasteiger partial charge in [-0.1, -0.05) is 19.1 Å². The van der Waals surface area contributed by atoms with Crippen LogP contribution in [0.4, 0.5) is 11.4 Å². The van der Waals surface area contributed by atoms with Crippen molar-refractivity contribution in [3.8, 4) is 10.4 Å². The van der Waals surface area contributed by atoms with Crippen LogP contribution in [-0.4, -0.2) is 36.4 Å². The number of esters is 1. The van der Waals surface area contributed by atoms with E-state index in [2.05, 4.69) is 17.2 Å². The maximum absolute atomic E-state index is 13.4. The lowest BCUT2D eigenvalue weighted by Gasteiger charge is -2.30. The highest BCUT2D eigenvalue weighted by Gasteiger charge is 2.31. The molecule has 9 heteroatoms. The monoisotopic (exact) mass is 511 g/mol. The van der Waals surface area contributed by atoms with Crippen LogP contribution in [0.1, 0.15) is 59.7 Å². The summed E-state index contributed by atoms with van der Waals surface area (Å²) in [6.45, 7) is 4.64. The third kappa shape index (κ3) is 5.62. The number of thiazole rings is 1. The van der Waals surface area contributed by atoms with E-state index in [1.165, 1.54) is 29.8 Å². The summed E-state index contributed by atoms with van der Waals surface area (Å²) in [5.41, 5.74) is 4.12. The van der Waals surface area contributed by atoms with Crippen LogP contribution in [0, 0.1) is 11.8 Å². The van der Waals surface area contributed by atoms with E-state index in [0.717, 1.165) is 36.1 Å². The Morgan fingerprint density at radius 2 is 1.86 bits per heavy atom. The quantitative estimate of drug-likeness (QED) is 0.388. The molecule has 0 radical (unpaired) electrons. The fourth-order valence-corrected chi connectivity index (χ4v) is 5.99. The zero-order chi connectivity index (χ0) is 24.9. The molecule has 0 saturated heterocycles. The van der Waals surface area contributed by atoms with E-state index in [1.54, 1.807) is 15.8 Å². The van der Waals surface area contributed by atoms with Gasteiger partial charge in [0.25, 0.3) is 5.91 Å². The van der Waals surface area contributed by atoms with Crippen molar-refractivity contribution in [2.45, 2.75) is 39.5 Å². The Morgan fingerprint density at radius 1 is 1.14 bits per heavy atom. The number of carbonyl (C=O) groups is 3. The van der Waals surface area contributed by atoms with Crippen molar-refractivity contribution in [3.63, 3.8) is 0 Å². The van der Waals surface area contributed by atoms with Gasteiger partial charge in [-0.25, -0.2) is 9.78 Å². The summed E-state index contributed by atoms with van der Waals surface area (Å²) in [6, 6.07) is 9.28. The molecule has 0 spiro atoms. The summed E-state index contributed by atoms with van der Waals surface area (Å²) in [5.74, 6) is 0.00267. The topological polar surface area (TPSA) is 88.6 Å². The Hall–Kier alpha value is -3.04. The number of rotatable bonds is 7. The second kappa shape index (κ2) is 11.1. The van der Waals surface area contributed by atoms with Crippen molar-refractivity contribution in [2.75, 3.05) is 23.9 Å². The molecule has 1 saturated carbocycles. The van der Waals surface area contributed by atoms with Crippen molar-refractivity contribution in [1.29, 1.82) is 0 Å². The number of hydrogen-bond donors (Lipinski definition) is 1. The van der Waals surface area contributed by atoms with Gasteiger partial charge in [0.15, 0.2) is 0 Å². The van der Waals surface area contributed by atoms with Crippen LogP contribution in [0.5, 0.6) is 0 Å². The van der Waals surface area contributed by atoms with Crippen LogP contribution >= 0.6 is 22.7 Å². The number of ether oxygens (including phenoxy) is 1. The molecular formula is C26H29N3O4S2. The van der Waals surface area contributed by atoms with E-state index in [1.807, 2.05) is 37.3 Å². The zero-order valence-electron chi connectivity index (χ0n) is 20.1. The molecule has 0 atom stereocenters. The number of nitrogens with one attached hydrogen (secondary N) is 1. The smallest absolute Gasteiger partial charge is 0.350 e. The van der Waals surface area contributed by atoms with Gasteiger partial charge in [0.1, 0.15) is 10.6 Å². The maximum Gasteiger partial charge on any atom is 0.350 e. The molecule has 4 rings (SSSR count). The summed E-state index contributed by atoms with van der Waals surface area (Å²) in [5, 5.41) is 4.52. The first-order valence-electron chi connectivity index (χ1n) is 11.7. The lowest BCUT2D eigenvalue weighted by atomic mass is 9.82. The number of nitrogens with zero attached hydrogens (tertiary/aromatic N) is 2. The predicted octanol–water partition coefficient (Wildman–Crippen LogP) is 6.09. The molecule has 1 fully saturated rings. The van der Waals surface area contributed by atoms with E-state index in [0.29, 0.717) is 34.4 Å². The molecule has 1 N–H and O–H groups in total. The number of hydrogen-bond acceptors (Lipinski definition) is 7. The Morgan fingerprint density at radius 3 is 2.46 bits per heavy atom. The van der Waals surface area contributed by atoms with Gasteiger partial charge in [-0.05, 0) is 62.3 Å². The molecule has 0 aliphatic heterocycles. The lowest BCUT2D eigenvalue weighted by Crippen LogP contribution is -2.38. The Balaban J connectivity index is 1.58. The van der Waals surface area contributed by atoms with E-state index in [4.69, 9.17) is 4.74 Å². The summed E-state index contributed by atoms with van der Waals surface area (Å²) < 4.78 is 5.04. The molecule has 1 aromatic carbocycles. The number of anilines is 2. The average Bonchev–Trinajstić information content (AvgIpc) is 3.56. The third-order valence-electron chi connectivity index (χ3n) is 6.41. The number of thiophene rings is 1. The number of aromatic nitrogens is 1. The van der Waals surface area contributed by atoms with E-state index in [-0.39, 0.29) is 17.7 Å². The highest BCUT2D eigenvalue weighted by Crippen LogP contribution is 2.39. The largest absolute Gasteiger partial charge is 0.465 e. The summed E-state index contributed by atoms with van der Waals surface area (Å²) in [4.78, 5) is 45.3. The van der Waals surface area contributed by atoms with Crippen LogP contribution in [0.2, 0.25) is 0 Å². The summed E-state index contributed by atoms with van der Waals surface area (Å²) in [6.07, 6.45) is 3.88. The van der Waals surface area contributed by atoms with E-state index in [9.17, 15) is 14.4 Å². The first-order chi connectivity index (χ1) is 16.9. The maximum atomic E-state index is 13.4. The molecule has 2 heterocycles. The first kappa shape index (κ1) is 25.1. The Bertz CT molecular complexity index is 1180. The standard InChI is InChI=1S/C26H29N3O4S2/c1-4-29(25(31)18-7-5-16(2)6-8-18)21-13-22(35-23(21)26(32)33-3)17-9-11-19(12-10-17)28-24(30)20-14-34-15-27-20/h9-16,18H,4-8H2,1-3H3,(H,28,30). The molecule has 7 nitrogen and oxygen atoms in total. The Kier molecular flexibility index (Phi) is 7.97. The van der Waals surface area contributed by atoms with Crippen molar-refractivity contribution in [3.05, 3.63) is 51.8 Å². The molecule has 0 bridgehead atoms. The number of carbonyl (C=O) groups excluding carboxylic acids is 3. The SMILES string of the molecule is CCN(C(=O)C1CCC(C)CC1)c1cc(-c2ccc(NC(=O)c3cscn3)cc2)sc1C(=O)OC. The zero-order valence-corrected chi connectivity index (χ0v) is 21.7. The fraction of sp³-hybridized carbons (Fsp3) is 0.385. The van der Waals surface area contributed by atoms with E-state index >= 15 is 0 Å². The molecular weight excluding hydrogens is 482 g/mol. The minimum atomic E-state index is -0.452. The molecule has 0 unspecified atom stereocenters. The number of amides is 2. The third-order valence-corrected chi connectivity index (χ3v) is 8.15. The highest BCUT2D eigenvalue weighted by molar-refractivity contribution is 7.18. The van der Waals surface area contributed by atoms with Gasteiger partial charge >= 0.3 is 5.97 Å². The Labute approximate surface area is 213 Å².